The van der Waals surface area contributed by atoms with Crippen LogP contribution < -0.4 is 0 Å². The molecular weight excluding hydrogens is 352 g/mol. The van der Waals surface area contributed by atoms with Crippen LogP contribution in [0.3, 0.4) is 0 Å². The Labute approximate surface area is 180 Å². The van der Waals surface area contributed by atoms with Crippen LogP contribution >= 0.6 is 0 Å². The Morgan fingerprint density at radius 3 is 2.55 bits per heavy atom. The highest BCUT2D eigenvalue weighted by molar-refractivity contribution is 5.25. The molecule has 3 saturated carbocycles. The van der Waals surface area contributed by atoms with Gasteiger partial charge in [-0.05, 0) is 125 Å². The van der Waals surface area contributed by atoms with Crippen molar-refractivity contribution in [3.63, 3.8) is 0 Å². The maximum absolute atomic E-state index is 10.2. The second kappa shape index (κ2) is 7.85. The molecule has 4 rings (SSSR count). The molecule has 4 aliphatic rings. The lowest BCUT2D eigenvalue weighted by Gasteiger charge is -2.58. The van der Waals surface area contributed by atoms with Crippen LogP contribution in [0.15, 0.2) is 22.8 Å². The van der Waals surface area contributed by atoms with Gasteiger partial charge in [-0.3, -0.25) is 0 Å². The Balaban J connectivity index is 1.51. The van der Waals surface area contributed by atoms with Gasteiger partial charge in [0.2, 0.25) is 0 Å². The van der Waals surface area contributed by atoms with Gasteiger partial charge in [0, 0.05) is 0 Å². The van der Waals surface area contributed by atoms with Crippen molar-refractivity contribution in [1.29, 1.82) is 0 Å². The van der Waals surface area contributed by atoms with E-state index in [1.165, 1.54) is 56.9 Å². The molecule has 4 unspecified atom stereocenters. The molecule has 0 spiro atoms. The van der Waals surface area contributed by atoms with Crippen molar-refractivity contribution in [3.8, 4) is 0 Å². The molecule has 1 heteroatoms. The molecule has 164 valence electrons. The van der Waals surface area contributed by atoms with Gasteiger partial charge in [-0.1, -0.05) is 43.6 Å². The SMILES string of the molecule is CC(C)=C(C)CCC(C)[C@H]1CCC2C3CC=C4C[C@@H](O)CC[C@]4(C)C3CC[C@@]21C. The number of hydrogen-bond donors (Lipinski definition) is 1. The highest BCUT2D eigenvalue weighted by Gasteiger charge is 2.59. The summed E-state index contributed by atoms with van der Waals surface area (Å²) < 4.78 is 0. The minimum atomic E-state index is -0.0827. The first-order valence-corrected chi connectivity index (χ1v) is 12.7. The number of aliphatic hydroxyl groups excluding tert-OH is 1. The minimum Gasteiger partial charge on any atom is -0.393 e. The molecule has 0 bridgehead atoms. The van der Waals surface area contributed by atoms with E-state index in [-0.39, 0.29) is 6.10 Å². The van der Waals surface area contributed by atoms with Gasteiger partial charge in [0.1, 0.15) is 0 Å². The summed E-state index contributed by atoms with van der Waals surface area (Å²) in [7, 11) is 0. The zero-order chi connectivity index (χ0) is 21.0. The number of allylic oxidation sites excluding steroid dienone is 3. The largest absolute Gasteiger partial charge is 0.393 e. The lowest BCUT2D eigenvalue weighted by Crippen LogP contribution is -2.50. The van der Waals surface area contributed by atoms with Crippen LogP contribution in [0.25, 0.3) is 0 Å². The summed E-state index contributed by atoms with van der Waals surface area (Å²) in [6.45, 7) is 14.7. The van der Waals surface area contributed by atoms with E-state index >= 15 is 0 Å². The number of aliphatic hydroxyl groups is 1. The molecule has 0 aromatic rings. The fourth-order valence-electron chi connectivity index (χ4n) is 8.51. The maximum Gasteiger partial charge on any atom is 0.0577 e. The van der Waals surface area contributed by atoms with E-state index in [1.54, 1.807) is 11.1 Å². The molecule has 0 aromatic carbocycles. The van der Waals surface area contributed by atoms with Crippen molar-refractivity contribution >= 4 is 0 Å². The highest BCUT2D eigenvalue weighted by atomic mass is 16.3. The van der Waals surface area contributed by atoms with Crippen LogP contribution in [0.1, 0.15) is 106 Å². The van der Waals surface area contributed by atoms with Gasteiger partial charge >= 0.3 is 0 Å². The standard InChI is InChI=1S/C28H46O/c1-18(2)19(3)7-8-20(4)24-11-12-25-23-10-9-21-17-22(29)13-15-27(21,5)26(23)14-16-28(24,25)6/h9,20,22-26,29H,7-8,10-17H2,1-6H3/t20?,22-,23?,24+,25?,26?,27-,28+/m0/s1. The van der Waals surface area contributed by atoms with Gasteiger partial charge in [-0.15, -0.1) is 0 Å². The minimum absolute atomic E-state index is 0.0827. The lowest BCUT2D eigenvalue weighted by atomic mass is 9.47. The second-order valence-electron chi connectivity index (χ2n) is 12.2. The number of hydrogen-bond acceptors (Lipinski definition) is 1. The highest BCUT2D eigenvalue weighted by Crippen LogP contribution is 2.67. The van der Waals surface area contributed by atoms with E-state index in [2.05, 4.69) is 47.6 Å². The average Bonchev–Trinajstić information content (AvgIpc) is 3.03. The molecule has 0 heterocycles. The predicted molar refractivity (Wildman–Crippen MR) is 124 cm³/mol. The molecule has 0 amide bonds. The monoisotopic (exact) mass is 398 g/mol. The zero-order valence-electron chi connectivity index (χ0n) is 20.1. The Kier molecular flexibility index (Phi) is 5.86. The quantitative estimate of drug-likeness (QED) is 0.481. The Bertz CT molecular complexity index is 682. The molecule has 0 aromatic heterocycles. The molecule has 29 heavy (non-hydrogen) atoms. The maximum atomic E-state index is 10.2. The fraction of sp³-hybridized carbons (Fsp3) is 0.857. The summed E-state index contributed by atoms with van der Waals surface area (Å²) >= 11 is 0. The van der Waals surface area contributed by atoms with Crippen molar-refractivity contribution in [1.82, 2.24) is 0 Å². The first-order chi connectivity index (χ1) is 13.7. The third-order valence-electron chi connectivity index (χ3n) is 10.7. The van der Waals surface area contributed by atoms with Crippen molar-refractivity contribution < 1.29 is 5.11 Å². The normalized spacial score (nSPS) is 44.9. The second-order valence-corrected chi connectivity index (χ2v) is 12.2. The fourth-order valence-corrected chi connectivity index (χ4v) is 8.51. The Hall–Kier alpha value is -0.560. The van der Waals surface area contributed by atoms with Crippen LogP contribution in [0.2, 0.25) is 0 Å². The molecule has 4 aliphatic carbocycles. The van der Waals surface area contributed by atoms with Crippen LogP contribution in [0.4, 0.5) is 0 Å². The molecule has 1 N–H and O–H groups in total. The van der Waals surface area contributed by atoms with Crippen LogP contribution in [0, 0.1) is 40.4 Å². The third kappa shape index (κ3) is 3.58. The summed E-state index contributed by atoms with van der Waals surface area (Å²) in [6.07, 6.45) is 15.4. The van der Waals surface area contributed by atoms with Gasteiger partial charge in [-0.2, -0.15) is 0 Å². The van der Waals surface area contributed by atoms with Crippen LogP contribution in [0.5, 0.6) is 0 Å². The molecule has 1 nitrogen and oxygen atoms in total. The summed E-state index contributed by atoms with van der Waals surface area (Å²) in [6, 6.07) is 0. The van der Waals surface area contributed by atoms with Crippen LogP contribution in [-0.2, 0) is 0 Å². The van der Waals surface area contributed by atoms with E-state index in [1.807, 2.05) is 0 Å². The average molecular weight is 399 g/mol. The molecular formula is C28H46O. The summed E-state index contributed by atoms with van der Waals surface area (Å²) in [4.78, 5) is 0. The van der Waals surface area contributed by atoms with Crippen molar-refractivity contribution in [3.05, 3.63) is 22.8 Å². The van der Waals surface area contributed by atoms with E-state index in [0.717, 1.165) is 42.4 Å². The zero-order valence-corrected chi connectivity index (χ0v) is 20.1. The van der Waals surface area contributed by atoms with Gasteiger partial charge in [0.05, 0.1) is 6.10 Å². The van der Waals surface area contributed by atoms with Gasteiger partial charge < -0.3 is 5.11 Å². The van der Waals surface area contributed by atoms with Gasteiger partial charge in [0.25, 0.3) is 0 Å². The van der Waals surface area contributed by atoms with Crippen molar-refractivity contribution in [2.24, 2.45) is 40.4 Å². The van der Waals surface area contributed by atoms with E-state index in [4.69, 9.17) is 0 Å². The van der Waals surface area contributed by atoms with Gasteiger partial charge in [-0.25, -0.2) is 0 Å². The van der Waals surface area contributed by atoms with Crippen molar-refractivity contribution in [2.45, 2.75) is 112 Å². The first kappa shape index (κ1) is 21.7. The molecule has 0 saturated heterocycles. The Morgan fingerprint density at radius 2 is 1.83 bits per heavy atom. The van der Waals surface area contributed by atoms with Crippen LogP contribution in [-0.4, -0.2) is 11.2 Å². The van der Waals surface area contributed by atoms with E-state index in [9.17, 15) is 5.11 Å². The third-order valence-corrected chi connectivity index (χ3v) is 10.7. The summed E-state index contributed by atoms with van der Waals surface area (Å²) in [5, 5.41) is 10.2. The number of fused-ring (bicyclic) bond motifs is 5. The summed E-state index contributed by atoms with van der Waals surface area (Å²) in [5.74, 6) is 4.47. The molecule has 3 fully saturated rings. The Morgan fingerprint density at radius 1 is 1.07 bits per heavy atom. The summed E-state index contributed by atoms with van der Waals surface area (Å²) in [5.41, 5.74) is 5.69. The topological polar surface area (TPSA) is 20.2 Å². The van der Waals surface area contributed by atoms with Gasteiger partial charge in [0.15, 0.2) is 0 Å². The molecule has 0 aliphatic heterocycles. The van der Waals surface area contributed by atoms with E-state index < -0.39 is 0 Å². The van der Waals surface area contributed by atoms with E-state index in [0.29, 0.717) is 10.8 Å². The molecule has 8 atom stereocenters. The number of rotatable bonds is 4. The lowest BCUT2D eigenvalue weighted by molar-refractivity contribution is -0.0571. The smallest absolute Gasteiger partial charge is 0.0577 e. The predicted octanol–water partition coefficient (Wildman–Crippen LogP) is 7.70. The first-order valence-electron chi connectivity index (χ1n) is 12.7. The van der Waals surface area contributed by atoms with Crippen molar-refractivity contribution in [2.75, 3.05) is 0 Å². The molecule has 0 radical (unpaired) electrons.